The van der Waals surface area contributed by atoms with Crippen molar-refractivity contribution in [2.45, 2.75) is 26.2 Å². The summed E-state index contributed by atoms with van der Waals surface area (Å²) in [4.78, 5) is 22.3. The van der Waals surface area contributed by atoms with Gasteiger partial charge in [0.25, 0.3) is 11.6 Å². The summed E-state index contributed by atoms with van der Waals surface area (Å²) in [5.41, 5.74) is 0.358. The second-order valence-corrected chi connectivity index (χ2v) is 5.22. The van der Waals surface area contributed by atoms with Crippen molar-refractivity contribution in [2.75, 3.05) is 13.2 Å². The van der Waals surface area contributed by atoms with Gasteiger partial charge in [0.05, 0.1) is 11.5 Å². The molecular weight excluding hydrogens is 248 g/mol. The van der Waals surface area contributed by atoms with Gasteiger partial charge in [0.1, 0.15) is 0 Å². The minimum atomic E-state index is -0.483. The lowest BCUT2D eigenvalue weighted by atomic mass is 9.85. The predicted octanol–water partition coefficient (Wildman–Crippen LogP) is 1.61. The first-order valence-electron chi connectivity index (χ1n) is 5.95. The number of carbonyl (C=O) groups is 1. The Morgan fingerprint density at radius 2 is 2.05 bits per heavy atom. The van der Waals surface area contributed by atoms with Gasteiger partial charge >= 0.3 is 0 Å². The summed E-state index contributed by atoms with van der Waals surface area (Å²) in [6.45, 7) is 5.57. The van der Waals surface area contributed by atoms with E-state index in [1.54, 1.807) is 12.1 Å². The monoisotopic (exact) mass is 266 g/mol. The van der Waals surface area contributed by atoms with E-state index in [-0.39, 0.29) is 29.8 Å². The van der Waals surface area contributed by atoms with Crippen LogP contribution in [-0.4, -0.2) is 29.1 Å². The Labute approximate surface area is 111 Å². The number of nitrogens with one attached hydrogen (secondary N) is 1. The summed E-state index contributed by atoms with van der Waals surface area (Å²) in [6, 6.07) is 4.43. The van der Waals surface area contributed by atoms with Crippen molar-refractivity contribution in [3.63, 3.8) is 0 Å². The standard InChI is InChI=1S/C13H18N2O4/c1-13(2,3)10-5-4-9(8-11(10)15(18)19)12(17)14-6-7-16/h4-5,8,16H,6-7H2,1-3H3,(H,14,17). The van der Waals surface area contributed by atoms with Crippen LogP contribution in [0.3, 0.4) is 0 Å². The average molecular weight is 266 g/mol. The zero-order valence-electron chi connectivity index (χ0n) is 11.3. The number of rotatable bonds is 4. The Morgan fingerprint density at radius 1 is 1.42 bits per heavy atom. The number of hydrogen-bond donors (Lipinski definition) is 2. The molecule has 1 rings (SSSR count). The first-order valence-corrected chi connectivity index (χ1v) is 5.95. The molecule has 0 aliphatic heterocycles. The number of benzene rings is 1. The molecule has 0 aromatic heterocycles. The normalized spacial score (nSPS) is 11.2. The molecule has 104 valence electrons. The van der Waals surface area contributed by atoms with Crippen molar-refractivity contribution in [3.05, 3.63) is 39.4 Å². The molecule has 0 atom stereocenters. The summed E-state index contributed by atoms with van der Waals surface area (Å²) < 4.78 is 0. The number of nitro groups is 1. The summed E-state index contributed by atoms with van der Waals surface area (Å²) in [5, 5.41) is 22.2. The first-order chi connectivity index (χ1) is 8.77. The lowest BCUT2D eigenvalue weighted by molar-refractivity contribution is -0.386. The highest BCUT2D eigenvalue weighted by Gasteiger charge is 2.25. The van der Waals surface area contributed by atoms with Gasteiger partial charge in [0.2, 0.25) is 0 Å². The highest BCUT2D eigenvalue weighted by Crippen LogP contribution is 2.31. The van der Waals surface area contributed by atoms with Gasteiger partial charge in [-0.05, 0) is 11.5 Å². The Kier molecular flexibility index (Phi) is 4.61. The molecule has 19 heavy (non-hydrogen) atoms. The molecule has 2 N–H and O–H groups in total. The van der Waals surface area contributed by atoms with E-state index in [1.165, 1.54) is 6.07 Å². The maximum Gasteiger partial charge on any atom is 0.273 e. The van der Waals surface area contributed by atoms with Crippen LogP contribution in [0.15, 0.2) is 18.2 Å². The summed E-state index contributed by atoms with van der Waals surface area (Å²) in [7, 11) is 0. The quantitative estimate of drug-likeness (QED) is 0.639. The molecule has 0 aliphatic rings. The molecule has 0 spiro atoms. The van der Waals surface area contributed by atoms with Gasteiger partial charge in [-0.1, -0.05) is 26.8 Å². The van der Waals surface area contributed by atoms with Crippen LogP contribution in [0.2, 0.25) is 0 Å². The highest BCUT2D eigenvalue weighted by atomic mass is 16.6. The molecule has 0 aliphatic carbocycles. The Morgan fingerprint density at radius 3 is 2.53 bits per heavy atom. The third-order valence-corrected chi connectivity index (χ3v) is 2.66. The fourth-order valence-corrected chi connectivity index (χ4v) is 1.73. The van der Waals surface area contributed by atoms with Crippen LogP contribution in [0, 0.1) is 10.1 Å². The molecule has 1 amide bonds. The third kappa shape index (κ3) is 3.75. The van der Waals surface area contributed by atoms with Crippen LogP contribution >= 0.6 is 0 Å². The van der Waals surface area contributed by atoms with Gasteiger partial charge in [-0.15, -0.1) is 0 Å². The van der Waals surface area contributed by atoms with Crippen LogP contribution in [0.1, 0.15) is 36.7 Å². The topological polar surface area (TPSA) is 92.5 Å². The molecule has 0 heterocycles. The SMILES string of the molecule is CC(C)(C)c1ccc(C(=O)NCCO)cc1[N+](=O)[O-]. The van der Waals surface area contributed by atoms with Gasteiger partial charge in [-0.3, -0.25) is 14.9 Å². The number of aliphatic hydroxyl groups is 1. The lowest BCUT2D eigenvalue weighted by Gasteiger charge is -2.19. The minimum Gasteiger partial charge on any atom is -0.395 e. The van der Waals surface area contributed by atoms with Gasteiger partial charge < -0.3 is 10.4 Å². The van der Waals surface area contributed by atoms with Crippen molar-refractivity contribution < 1.29 is 14.8 Å². The largest absolute Gasteiger partial charge is 0.395 e. The van der Waals surface area contributed by atoms with E-state index in [2.05, 4.69) is 5.32 Å². The molecule has 6 nitrogen and oxygen atoms in total. The second kappa shape index (κ2) is 5.79. The zero-order valence-corrected chi connectivity index (χ0v) is 11.3. The number of hydrogen-bond acceptors (Lipinski definition) is 4. The van der Waals surface area contributed by atoms with E-state index in [0.29, 0.717) is 5.56 Å². The fraction of sp³-hybridized carbons (Fsp3) is 0.462. The molecule has 0 saturated carbocycles. The van der Waals surface area contributed by atoms with E-state index in [0.717, 1.165) is 0 Å². The van der Waals surface area contributed by atoms with Crippen molar-refractivity contribution >= 4 is 11.6 Å². The van der Waals surface area contributed by atoms with Crippen molar-refractivity contribution in [2.24, 2.45) is 0 Å². The van der Waals surface area contributed by atoms with E-state index < -0.39 is 10.8 Å². The Bertz CT molecular complexity index is 492. The summed E-state index contributed by atoms with van der Waals surface area (Å²) in [5.74, 6) is -0.433. The minimum absolute atomic E-state index is 0.0656. The first kappa shape index (κ1) is 15.1. The molecule has 0 radical (unpaired) electrons. The van der Waals surface area contributed by atoms with Gasteiger partial charge in [0, 0.05) is 23.7 Å². The van der Waals surface area contributed by atoms with Gasteiger partial charge in [-0.25, -0.2) is 0 Å². The molecule has 0 unspecified atom stereocenters. The number of nitrogens with zero attached hydrogens (tertiary/aromatic N) is 1. The zero-order chi connectivity index (χ0) is 14.6. The lowest BCUT2D eigenvalue weighted by Crippen LogP contribution is -2.26. The van der Waals surface area contributed by atoms with Crippen molar-refractivity contribution in [1.29, 1.82) is 0 Å². The molecule has 0 fully saturated rings. The third-order valence-electron chi connectivity index (χ3n) is 2.66. The van der Waals surface area contributed by atoms with Gasteiger partial charge in [-0.2, -0.15) is 0 Å². The summed E-state index contributed by atoms with van der Waals surface area (Å²) in [6.07, 6.45) is 0. The summed E-state index contributed by atoms with van der Waals surface area (Å²) >= 11 is 0. The maximum atomic E-state index is 11.7. The van der Waals surface area contributed by atoms with E-state index in [1.807, 2.05) is 20.8 Å². The van der Waals surface area contributed by atoms with Crippen LogP contribution in [0.4, 0.5) is 5.69 Å². The molecular formula is C13H18N2O4. The molecule has 1 aromatic carbocycles. The Hall–Kier alpha value is -1.95. The van der Waals surface area contributed by atoms with E-state index >= 15 is 0 Å². The molecule has 6 heteroatoms. The van der Waals surface area contributed by atoms with Crippen molar-refractivity contribution in [3.8, 4) is 0 Å². The van der Waals surface area contributed by atoms with Crippen molar-refractivity contribution in [1.82, 2.24) is 5.32 Å². The van der Waals surface area contributed by atoms with Crippen LogP contribution < -0.4 is 5.32 Å². The number of amides is 1. The molecule has 0 bridgehead atoms. The number of carbonyl (C=O) groups excluding carboxylic acids is 1. The number of nitro benzene ring substituents is 1. The maximum absolute atomic E-state index is 11.7. The van der Waals surface area contributed by atoms with E-state index in [4.69, 9.17) is 5.11 Å². The average Bonchev–Trinajstić information content (AvgIpc) is 2.34. The highest BCUT2D eigenvalue weighted by molar-refractivity contribution is 5.95. The Balaban J connectivity index is 3.17. The van der Waals surface area contributed by atoms with Crippen LogP contribution in [0.5, 0.6) is 0 Å². The van der Waals surface area contributed by atoms with Crippen LogP contribution in [-0.2, 0) is 5.41 Å². The number of aliphatic hydroxyl groups excluding tert-OH is 1. The fourth-order valence-electron chi connectivity index (χ4n) is 1.73. The van der Waals surface area contributed by atoms with Crippen LogP contribution in [0.25, 0.3) is 0 Å². The predicted molar refractivity (Wildman–Crippen MR) is 71.2 cm³/mol. The van der Waals surface area contributed by atoms with E-state index in [9.17, 15) is 14.9 Å². The smallest absolute Gasteiger partial charge is 0.273 e. The second-order valence-electron chi connectivity index (χ2n) is 5.22. The molecule has 0 saturated heterocycles. The van der Waals surface area contributed by atoms with Gasteiger partial charge in [0.15, 0.2) is 0 Å². The molecule has 1 aromatic rings.